The monoisotopic (exact) mass is 371 g/mol. The maximum absolute atomic E-state index is 11.8. The lowest BCUT2D eigenvalue weighted by atomic mass is 9.95. The van der Waals surface area contributed by atoms with E-state index in [-0.39, 0.29) is 11.4 Å². The van der Waals surface area contributed by atoms with Crippen LogP contribution in [0.3, 0.4) is 0 Å². The molecule has 0 spiro atoms. The van der Waals surface area contributed by atoms with E-state index in [0.717, 1.165) is 29.2 Å². The standard InChI is InChI=1S/C15H18ClN3O2S2/c1-2-23(20)11-3-10(4-11)21-15-13-8-17-14(16)5-12(13)9(6-18-15)7-19-22/h5-6,8,10-11,19,22H,2-4,7H2,1H3. The van der Waals surface area contributed by atoms with Crippen LogP contribution in [-0.4, -0.2) is 31.3 Å². The van der Waals surface area contributed by atoms with Crippen LogP contribution in [-0.2, 0) is 17.3 Å². The highest BCUT2D eigenvalue weighted by Crippen LogP contribution is 2.33. The molecule has 124 valence electrons. The molecular formula is C15H18ClN3O2S2. The maximum Gasteiger partial charge on any atom is 0.223 e. The largest absolute Gasteiger partial charge is 0.474 e. The van der Waals surface area contributed by atoms with E-state index in [1.54, 1.807) is 12.4 Å². The molecule has 2 aromatic heterocycles. The summed E-state index contributed by atoms with van der Waals surface area (Å²) < 4.78 is 20.6. The van der Waals surface area contributed by atoms with Crippen LogP contribution in [0.4, 0.5) is 0 Å². The molecule has 1 atom stereocenters. The van der Waals surface area contributed by atoms with Crippen molar-refractivity contribution >= 4 is 46.0 Å². The molecule has 0 radical (unpaired) electrons. The van der Waals surface area contributed by atoms with Gasteiger partial charge in [0, 0.05) is 40.7 Å². The van der Waals surface area contributed by atoms with E-state index in [0.29, 0.717) is 23.3 Å². The van der Waals surface area contributed by atoms with Gasteiger partial charge >= 0.3 is 0 Å². The topological polar surface area (TPSA) is 64.1 Å². The summed E-state index contributed by atoms with van der Waals surface area (Å²) in [5.74, 6) is 1.25. The Labute approximate surface area is 148 Å². The Morgan fingerprint density at radius 3 is 2.87 bits per heavy atom. The number of fused-ring (bicyclic) bond motifs is 1. The molecule has 5 nitrogen and oxygen atoms in total. The number of rotatable bonds is 6. The molecule has 1 N–H and O–H groups in total. The fraction of sp³-hybridized carbons (Fsp3) is 0.467. The lowest BCUT2D eigenvalue weighted by molar-refractivity contribution is 0.121. The number of hydrogen-bond acceptors (Lipinski definition) is 6. The highest BCUT2D eigenvalue weighted by molar-refractivity contribution is 7.85. The first-order valence-electron chi connectivity index (χ1n) is 7.46. The van der Waals surface area contributed by atoms with E-state index in [1.165, 1.54) is 0 Å². The van der Waals surface area contributed by atoms with E-state index >= 15 is 0 Å². The van der Waals surface area contributed by atoms with Gasteiger partial charge in [0.2, 0.25) is 5.88 Å². The van der Waals surface area contributed by atoms with Crippen LogP contribution in [0.5, 0.6) is 5.88 Å². The summed E-state index contributed by atoms with van der Waals surface area (Å²) >= 11 is 10.1. The minimum atomic E-state index is -0.747. The summed E-state index contributed by atoms with van der Waals surface area (Å²) in [6.07, 6.45) is 5.13. The first-order chi connectivity index (χ1) is 11.1. The normalized spacial score (nSPS) is 21.9. The smallest absolute Gasteiger partial charge is 0.223 e. The first kappa shape index (κ1) is 17.0. The predicted molar refractivity (Wildman–Crippen MR) is 96.5 cm³/mol. The summed E-state index contributed by atoms with van der Waals surface area (Å²) in [5.41, 5.74) is 0.977. The molecule has 1 aliphatic carbocycles. The number of pyridine rings is 2. The summed E-state index contributed by atoms with van der Waals surface area (Å²) in [6.45, 7) is 2.51. The zero-order valence-corrected chi connectivity index (χ0v) is 15.1. The second kappa shape index (κ2) is 7.34. The lowest BCUT2D eigenvalue weighted by Gasteiger charge is -2.34. The molecule has 3 rings (SSSR count). The number of nitrogens with zero attached hydrogens (tertiary/aromatic N) is 2. The van der Waals surface area contributed by atoms with E-state index in [1.807, 2.05) is 13.0 Å². The molecule has 1 fully saturated rings. The molecule has 23 heavy (non-hydrogen) atoms. The molecule has 0 aliphatic heterocycles. The number of thiol groups is 1. The third-order valence-electron chi connectivity index (χ3n) is 4.04. The van der Waals surface area contributed by atoms with Gasteiger partial charge in [-0.15, -0.1) is 0 Å². The van der Waals surface area contributed by atoms with Gasteiger partial charge < -0.3 is 4.74 Å². The molecule has 8 heteroatoms. The predicted octanol–water partition coefficient (Wildman–Crippen LogP) is 2.90. The van der Waals surface area contributed by atoms with Crippen molar-refractivity contribution in [3.8, 4) is 5.88 Å². The van der Waals surface area contributed by atoms with E-state index in [4.69, 9.17) is 16.3 Å². The van der Waals surface area contributed by atoms with Crippen molar-refractivity contribution in [2.24, 2.45) is 0 Å². The van der Waals surface area contributed by atoms with Crippen molar-refractivity contribution in [1.82, 2.24) is 14.7 Å². The summed E-state index contributed by atoms with van der Waals surface area (Å²) in [6, 6.07) is 1.81. The SMILES string of the molecule is CCS(=O)C1CC(Oc2ncc(CNS)c3cc(Cl)ncc23)C1. The molecule has 0 amide bonds. The maximum atomic E-state index is 11.8. The van der Waals surface area contributed by atoms with Gasteiger partial charge in [0.25, 0.3) is 0 Å². The first-order valence-corrected chi connectivity index (χ1v) is 9.67. The summed E-state index contributed by atoms with van der Waals surface area (Å²) in [7, 11) is -0.747. The van der Waals surface area contributed by atoms with E-state index in [9.17, 15) is 4.21 Å². The quantitative estimate of drug-likeness (QED) is 0.603. The lowest BCUT2D eigenvalue weighted by Crippen LogP contribution is -2.41. The van der Waals surface area contributed by atoms with E-state index < -0.39 is 10.8 Å². The number of hydrogen-bond donors (Lipinski definition) is 2. The number of halogens is 1. The van der Waals surface area contributed by atoms with Gasteiger partial charge in [-0.05, 0) is 29.9 Å². The van der Waals surface area contributed by atoms with Crippen molar-refractivity contribution in [1.29, 1.82) is 0 Å². The van der Waals surface area contributed by atoms with Gasteiger partial charge in [-0.25, -0.2) is 9.97 Å². The fourth-order valence-electron chi connectivity index (χ4n) is 2.68. The average Bonchev–Trinajstić information content (AvgIpc) is 2.51. The fourth-order valence-corrected chi connectivity index (χ4v) is 4.34. The minimum Gasteiger partial charge on any atom is -0.474 e. The molecule has 2 heterocycles. The van der Waals surface area contributed by atoms with Crippen LogP contribution in [0.15, 0.2) is 18.5 Å². The Balaban J connectivity index is 1.82. The number of nitrogens with one attached hydrogen (secondary N) is 1. The van der Waals surface area contributed by atoms with Crippen molar-refractivity contribution in [2.45, 2.75) is 37.7 Å². The van der Waals surface area contributed by atoms with Gasteiger partial charge in [0.05, 0.1) is 5.39 Å². The van der Waals surface area contributed by atoms with E-state index in [2.05, 4.69) is 27.5 Å². The number of ether oxygens (including phenoxy) is 1. The molecule has 1 unspecified atom stereocenters. The Kier molecular flexibility index (Phi) is 5.41. The van der Waals surface area contributed by atoms with Crippen molar-refractivity contribution in [3.63, 3.8) is 0 Å². The third-order valence-corrected chi connectivity index (χ3v) is 6.10. The van der Waals surface area contributed by atoms with Gasteiger partial charge in [0.1, 0.15) is 11.3 Å². The Morgan fingerprint density at radius 1 is 1.39 bits per heavy atom. The van der Waals surface area contributed by atoms with Crippen LogP contribution in [0.1, 0.15) is 25.3 Å². The molecular weight excluding hydrogens is 354 g/mol. The van der Waals surface area contributed by atoms with Crippen LogP contribution in [0.25, 0.3) is 10.8 Å². The average molecular weight is 372 g/mol. The van der Waals surface area contributed by atoms with Gasteiger partial charge in [-0.1, -0.05) is 31.3 Å². The van der Waals surface area contributed by atoms with Crippen molar-refractivity contribution in [2.75, 3.05) is 5.75 Å². The second-order valence-electron chi connectivity index (χ2n) is 5.48. The zero-order valence-electron chi connectivity index (χ0n) is 12.7. The van der Waals surface area contributed by atoms with Gasteiger partial charge in [0.15, 0.2) is 0 Å². The van der Waals surface area contributed by atoms with Gasteiger partial charge in [-0.2, -0.15) is 0 Å². The van der Waals surface area contributed by atoms with Crippen LogP contribution in [0.2, 0.25) is 5.15 Å². The van der Waals surface area contributed by atoms with Crippen molar-refractivity contribution in [3.05, 3.63) is 29.2 Å². The Morgan fingerprint density at radius 2 is 2.17 bits per heavy atom. The molecule has 0 bridgehead atoms. The van der Waals surface area contributed by atoms with Gasteiger partial charge in [-0.3, -0.25) is 8.93 Å². The molecule has 1 aliphatic rings. The number of aromatic nitrogens is 2. The van der Waals surface area contributed by atoms with Crippen LogP contribution in [0, 0.1) is 0 Å². The molecule has 0 aromatic carbocycles. The Hall–Kier alpha value is -0.890. The third kappa shape index (κ3) is 3.63. The molecule has 0 saturated heterocycles. The second-order valence-corrected chi connectivity index (χ2v) is 8.19. The minimum absolute atomic E-state index is 0.0655. The molecule has 1 saturated carbocycles. The summed E-state index contributed by atoms with van der Waals surface area (Å²) in [5, 5.41) is 2.45. The highest BCUT2D eigenvalue weighted by atomic mass is 35.5. The highest BCUT2D eigenvalue weighted by Gasteiger charge is 2.35. The van der Waals surface area contributed by atoms with Crippen LogP contribution >= 0.6 is 24.4 Å². The zero-order chi connectivity index (χ0) is 16.4. The molecule has 2 aromatic rings. The van der Waals surface area contributed by atoms with Crippen LogP contribution < -0.4 is 9.46 Å². The van der Waals surface area contributed by atoms with Crippen molar-refractivity contribution < 1.29 is 8.95 Å². The Bertz CT molecular complexity index is 738. The summed E-state index contributed by atoms with van der Waals surface area (Å²) in [4.78, 5) is 8.55.